The predicted molar refractivity (Wildman–Crippen MR) is 124 cm³/mol. The summed E-state index contributed by atoms with van der Waals surface area (Å²) in [6.45, 7) is -2.38. The summed E-state index contributed by atoms with van der Waals surface area (Å²) in [5.41, 5.74) is 0.319. The molecule has 0 aliphatic rings. The van der Waals surface area contributed by atoms with Crippen molar-refractivity contribution >= 4 is 34.4 Å². The van der Waals surface area contributed by atoms with Crippen molar-refractivity contribution in [2.24, 2.45) is 0 Å². The lowest BCUT2D eigenvalue weighted by atomic mass is 10.1. The molecule has 29 heavy (non-hydrogen) atoms. The van der Waals surface area contributed by atoms with E-state index in [1.54, 1.807) is 24.3 Å². The van der Waals surface area contributed by atoms with Crippen LogP contribution in [-0.4, -0.2) is 16.7 Å². The highest BCUT2D eigenvalue weighted by Crippen LogP contribution is 2.44. The number of hydrogen-bond acceptors (Lipinski definition) is 2. The fraction of sp³-hybridized carbons (Fsp3) is 0. The Labute approximate surface area is 171 Å². The average Bonchev–Trinajstić information content (AvgIpc) is 2.79. The van der Waals surface area contributed by atoms with E-state index in [1.165, 1.54) is 0 Å². The lowest BCUT2D eigenvalue weighted by Gasteiger charge is -2.28. The van der Waals surface area contributed by atoms with Gasteiger partial charge in [-0.2, -0.15) is 0 Å². The zero-order chi connectivity index (χ0) is 20.1. The second-order valence-corrected chi connectivity index (χ2v) is 9.99. The predicted octanol–water partition coefficient (Wildman–Crippen LogP) is 4.37. The van der Waals surface area contributed by atoms with Crippen LogP contribution in [0.3, 0.4) is 0 Å². The fourth-order valence-corrected chi connectivity index (χ4v) is 7.35. The molecule has 3 heteroatoms. The number of rotatable bonds is 5. The second-order valence-electron chi connectivity index (χ2n) is 6.74. The van der Waals surface area contributed by atoms with E-state index in [2.05, 4.69) is 36.4 Å². The molecule has 0 saturated carbocycles. The van der Waals surface area contributed by atoms with Crippen molar-refractivity contribution < 1.29 is 9.90 Å². The maximum absolute atomic E-state index is 13.4. The summed E-state index contributed by atoms with van der Waals surface area (Å²) < 4.78 is 0. The Balaban J connectivity index is 2.09. The van der Waals surface area contributed by atoms with Crippen molar-refractivity contribution in [3.63, 3.8) is 0 Å². The summed E-state index contributed by atoms with van der Waals surface area (Å²) in [7, 11) is 0. The fourth-order valence-electron chi connectivity index (χ4n) is 3.59. The van der Waals surface area contributed by atoms with Crippen LogP contribution in [0.4, 0.5) is 0 Å². The van der Waals surface area contributed by atoms with Crippen LogP contribution in [0.15, 0.2) is 115 Å². The van der Waals surface area contributed by atoms with Crippen LogP contribution in [0.2, 0.25) is 0 Å². The van der Waals surface area contributed by atoms with Gasteiger partial charge in [0.25, 0.3) is 0 Å². The van der Waals surface area contributed by atoms with Crippen molar-refractivity contribution in [2.75, 3.05) is 0 Å². The van der Waals surface area contributed by atoms with E-state index in [0.717, 1.165) is 15.9 Å². The molecule has 0 heterocycles. The summed E-state index contributed by atoms with van der Waals surface area (Å²) in [6, 6.07) is 37.2. The van der Waals surface area contributed by atoms with Gasteiger partial charge >= 0.3 is 0 Å². The van der Waals surface area contributed by atoms with Crippen LogP contribution in [-0.2, 0) is 0 Å². The molecule has 0 bridgehead atoms. The number of para-hydroxylation sites is 1. The van der Waals surface area contributed by atoms with E-state index < -0.39 is 6.89 Å². The van der Waals surface area contributed by atoms with Crippen molar-refractivity contribution in [3.05, 3.63) is 121 Å². The van der Waals surface area contributed by atoms with E-state index in [4.69, 9.17) is 0 Å². The summed E-state index contributed by atoms with van der Waals surface area (Å²) >= 11 is 0. The molecule has 0 fully saturated rings. The summed E-state index contributed by atoms with van der Waals surface area (Å²) in [4.78, 5) is 13.4. The van der Waals surface area contributed by atoms with E-state index >= 15 is 0 Å². The topological polar surface area (TPSA) is 37.3 Å². The number of carbonyl (C=O) groups is 1. The van der Waals surface area contributed by atoms with Crippen LogP contribution < -0.4 is 15.9 Å². The third-order valence-corrected chi connectivity index (χ3v) is 8.93. The molecule has 142 valence electrons. The van der Waals surface area contributed by atoms with Crippen LogP contribution in [0, 0.1) is 0 Å². The normalized spacial score (nSPS) is 11.0. The van der Waals surface area contributed by atoms with Gasteiger partial charge in [-0.05, 0) is 40.7 Å². The molecule has 0 amide bonds. The van der Waals surface area contributed by atoms with E-state index in [-0.39, 0.29) is 11.5 Å². The van der Waals surface area contributed by atoms with Gasteiger partial charge in [-0.15, -0.1) is 0 Å². The molecule has 1 N–H and O–H groups in total. The monoisotopic (exact) mass is 396 g/mol. The number of benzene rings is 4. The molecule has 2 nitrogen and oxygen atoms in total. The van der Waals surface area contributed by atoms with E-state index in [1.807, 2.05) is 60.4 Å². The molecule has 0 aromatic heterocycles. The maximum Gasteiger partial charge on any atom is 0.190 e. The first kappa shape index (κ1) is 19.0. The zero-order valence-electron chi connectivity index (χ0n) is 15.8. The lowest BCUT2D eigenvalue weighted by molar-refractivity contribution is 0.107. The van der Waals surface area contributed by atoms with Crippen molar-refractivity contribution in [2.45, 2.75) is 0 Å². The van der Waals surface area contributed by atoms with Crippen LogP contribution in [0.1, 0.15) is 10.4 Å². The Kier molecular flexibility index (Phi) is 5.46. The largest absolute Gasteiger partial charge is 0.507 e. The van der Waals surface area contributed by atoms with Crippen LogP contribution in [0.25, 0.3) is 0 Å². The molecule has 0 saturated heterocycles. The first-order valence-electron chi connectivity index (χ1n) is 9.45. The van der Waals surface area contributed by atoms with E-state index in [9.17, 15) is 9.90 Å². The minimum atomic E-state index is -2.38. The molecular weight excluding hydrogens is 375 g/mol. The number of aromatic hydroxyl groups is 1. The molecule has 0 aliphatic carbocycles. The number of Topliss-reactive ketones (excluding diaryl/α,β-unsaturated/α-hetero) is 1. The third kappa shape index (κ3) is 3.68. The highest BCUT2D eigenvalue weighted by Gasteiger charge is 2.27. The van der Waals surface area contributed by atoms with Gasteiger partial charge in [0, 0.05) is 0 Å². The van der Waals surface area contributed by atoms with Gasteiger partial charge < -0.3 is 5.11 Å². The number of carbonyl (C=O) groups excluding carboxylic acids is 1. The van der Waals surface area contributed by atoms with Gasteiger partial charge in [0.2, 0.25) is 0 Å². The molecule has 4 aromatic carbocycles. The van der Waals surface area contributed by atoms with Gasteiger partial charge in [0.05, 0.1) is 5.56 Å². The molecule has 0 spiro atoms. The summed E-state index contributed by atoms with van der Waals surface area (Å²) in [5, 5.41) is 13.6. The van der Waals surface area contributed by atoms with Gasteiger partial charge in [-0.25, -0.2) is 0 Å². The van der Waals surface area contributed by atoms with Crippen molar-refractivity contribution in [1.29, 1.82) is 0 Å². The number of phenolic OH excluding ortho intramolecular Hbond substituents is 1. The molecule has 4 aromatic rings. The quantitative estimate of drug-likeness (QED) is 0.402. The summed E-state index contributed by atoms with van der Waals surface area (Å²) in [6.07, 6.45) is 0. The first-order valence-corrected chi connectivity index (χ1v) is 11.3. The standard InChI is InChI=1S/C26H21O2P/c27-25-19-11-10-18-24(25)26(28)20-29(21-12-4-1-5-13-21,22-14-6-2-7-15-22)23-16-8-3-9-17-23/h1-20,27H. The highest BCUT2D eigenvalue weighted by molar-refractivity contribution is 7.95. The number of phenols is 1. The smallest absolute Gasteiger partial charge is 0.190 e. The van der Waals surface area contributed by atoms with Crippen LogP contribution in [0.5, 0.6) is 5.75 Å². The molecule has 0 aliphatic heterocycles. The maximum atomic E-state index is 13.4. The zero-order valence-corrected chi connectivity index (χ0v) is 16.7. The van der Waals surface area contributed by atoms with Crippen molar-refractivity contribution in [1.82, 2.24) is 0 Å². The Hall–Kier alpha value is -3.35. The van der Waals surface area contributed by atoms with Gasteiger partial charge in [0.1, 0.15) is 5.75 Å². The lowest BCUT2D eigenvalue weighted by Crippen LogP contribution is -2.28. The highest BCUT2D eigenvalue weighted by atomic mass is 31.2. The second kappa shape index (κ2) is 8.34. The molecular formula is C26H21O2P. The van der Waals surface area contributed by atoms with Gasteiger partial charge in [-0.1, -0.05) is 103 Å². The molecule has 0 radical (unpaired) electrons. The molecule has 4 rings (SSSR count). The Morgan fingerprint density at radius 3 is 1.38 bits per heavy atom. The Morgan fingerprint density at radius 1 is 0.586 bits per heavy atom. The minimum absolute atomic E-state index is 0.000958. The summed E-state index contributed by atoms with van der Waals surface area (Å²) in [5.74, 6) is 1.66. The van der Waals surface area contributed by atoms with Gasteiger partial charge in [-0.3, -0.25) is 4.79 Å². The van der Waals surface area contributed by atoms with Crippen LogP contribution >= 0.6 is 6.89 Å². The number of hydrogen-bond donors (Lipinski definition) is 1. The average molecular weight is 396 g/mol. The Morgan fingerprint density at radius 2 is 0.966 bits per heavy atom. The van der Waals surface area contributed by atoms with Crippen molar-refractivity contribution in [3.8, 4) is 5.75 Å². The number of ketones is 1. The van der Waals surface area contributed by atoms with Gasteiger partial charge in [0.15, 0.2) is 5.78 Å². The molecule has 0 atom stereocenters. The third-order valence-electron chi connectivity index (χ3n) is 4.97. The first-order chi connectivity index (χ1) is 14.2. The molecule has 0 unspecified atom stereocenters. The van der Waals surface area contributed by atoms with E-state index in [0.29, 0.717) is 5.56 Å². The SMILES string of the molecule is O=C(C=P(c1ccccc1)(c1ccccc1)c1ccccc1)c1ccccc1O. The Bertz CT molecular complexity index is 1060. The minimum Gasteiger partial charge on any atom is -0.507 e.